The Morgan fingerprint density at radius 2 is 1.81 bits per heavy atom. The molecule has 7 nitrogen and oxygen atoms in total. The van der Waals surface area contributed by atoms with Crippen LogP contribution in [0.3, 0.4) is 0 Å². The number of hydrogen-bond acceptors (Lipinski definition) is 6. The van der Waals surface area contributed by atoms with E-state index < -0.39 is 16.6 Å². The van der Waals surface area contributed by atoms with Gasteiger partial charge in [0, 0.05) is 30.8 Å². The number of halogens is 5. The van der Waals surface area contributed by atoms with Crippen molar-refractivity contribution >= 4 is 46.1 Å². The number of amides is 1. The fourth-order valence-corrected chi connectivity index (χ4v) is 7.19. The van der Waals surface area contributed by atoms with Crippen LogP contribution in [0.25, 0.3) is 16.3 Å². The summed E-state index contributed by atoms with van der Waals surface area (Å²) >= 11 is 14.8. The Morgan fingerprint density at radius 3 is 2.45 bits per heavy atom. The molecule has 0 spiro atoms. The molecule has 3 aromatic rings. The maximum absolute atomic E-state index is 13.9. The third-order valence-corrected chi connectivity index (χ3v) is 9.90. The molecule has 0 radical (unpaired) electrons. The van der Waals surface area contributed by atoms with E-state index in [2.05, 4.69) is 29.5 Å². The van der Waals surface area contributed by atoms with Crippen molar-refractivity contribution in [2.75, 3.05) is 26.3 Å². The smallest absolute Gasteiger partial charge is 0.377 e. The van der Waals surface area contributed by atoms with Gasteiger partial charge in [0.2, 0.25) is 0 Å². The molecule has 2 aromatic heterocycles. The van der Waals surface area contributed by atoms with Crippen molar-refractivity contribution in [3.05, 3.63) is 80.8 Å². The molecular formula is C34H34Cl2F3N5O2S. The summed E-state index contributed by atoms with van der Waals surface area (Å²) in [6, 6.07) is 8.51. The van der Waals surface area contributed by atoms with E-state index in [0.29, 0.717) is 58.6 Å². The van der Waals surface area contributed by atoms with Gasteiger partial charge in [-0.2, -0.15) is 18.3 Å². The molecular weight excluding hydrogens is 670 g/mol. The Balaban J connectivity index is 1.41. The van der Waals surface area contributed by atoms with Crippen LogP contribution in [0.5, 0.6) is 0 Å². The lowest BCUT2D eigenvalue weighted by Gasteiger charge is -2.39. The van der Waals surface area contributed by atoms with Crippen LogP contribution in [-0.4, -0.2) is 57.4 Å². The predicted molar refractivity (Wildman–Crippen MR) is 179 cm³/mol. The highest BCUT2D eigenvalue weighted by atomic mass is 35.5. The largest absolute Gasteiger partial charge is 0.416 e. The molecule has 3 aliphatic rings. The third kappa shape index (κ3) is 7.80. The van der Waals surface area contributed by atoms with Crippen molar-refractivity contribution in [3.63, 3.8) is 0 Å². The minimum atomic E-state index is -4.41. The first-order valence-electron chi connectivity index (χ1n) is 15.4. The molecule has 2 aliphatic heterocycles. The fraction of sp³-hybridized carbons (Fsp3) is 0.412. The molecule has 47 heavy (non-hydrogen) atoms. The number of hydrazine groups is 1. The molecule has 1 aromatic carbocycles. The van der Waals surface area contributed by atoms with Crippen molar-refractivity contribution < 1.29 is 22.7 Å². The number of rotatable bonds is 7. The van der Waals surface area contributed by atoms with Crippen molar-refractivity contribution in [3.8, 4) is 22.4 Å². The highest BCUT2D eigenvalue weighted by Crippen LogP contribution is 2.40. The lowest BCUT2D eigenvalue weighted by Crippen LogP contribution is -2.57. The highest BCUT2D eigenvalue weighted by molar-refractivity contribution is 7.16. The molecule has 2 saturated heterocycles. The molecule has 1 aliphatic carbocycles. The number of thiophene rings is 1. The summed E-state index contributed by atoms with van der Waals surface area (Å²) in [6.45, 7) is 6.90. The van der Waals surface area contributed by atoms with Crippen LogP contribution < -0.4 is 10.7 Å². The normalized spacial score (nSPS) is 21.3. The van der Waals surface area contributed by atoms with Gasteiger partial charge < -0.3 is 10.1 Å². The zero-order valence-corrected chi connectivity index (χ0v) is 28.3. The SMILES string of the molecule is CC1(Cl)C=C(Cl)C(n2nc(C(=O)NN3CCCCC3)c(CNC3(C)COC3)c2-c2ccc(C#Cc3ccc(C(F)(F)F)cc3)s2)=CC1. The second-order valence-corrected chi connectivity index (χ2v) is 14.9. The van der Waals surface area contributed by atoms with Crippen molar-refractivity contribution in [1.82, 2.24) is 25.5 Å². The second-order valence-electron chi connectivity index (χ2n) is 12.5. The molecule has 248 valence electrons. The molecule has 0 bridgehead atoms. The van der Waals surface area contributed by atoms with Gasteiger partial charge in [-0.15, -0.1) is 22.9 Å². The van der Waals surface area contributed by atoms with E-state index in [-0.39, 0.29) is 17.1 Å². The summed E-state index contributed by atoms with van der Waals surface area (Å²) in [5, 5.41) is 10.8. The van der Waals surface area contributed by atoms with Gasteiger partial charge in [0.25, 0.3) is 5.91 Å². The lowest BCUT2D eigenvalue weighted by molar-refractivity contribution is -0.137. The van der Waals surface area contributed by atoms with Crippen LogP contribution in [0.15, 0.2) is 53.6 Å². The molecule has 1 unspecified atom stereocenters. The van der Waals surface area contributed by atoms with Crippen LogP contribution in [0.4, 0.5) is 13.2 Å². The number of nitrogens with zero attached hydrogens (tertiary/aromatic N) is 3. The third-order valence-electron chi connectivity index (χ3n) is 8.32. The van der Waals surface area contributed by atoms with E-state index in [0.717, 1.165) is 49.4 Å². The van der Waals surface area contributed by atoms with E-state index in [1.54, 1.807) is 10.8 Å². The van der Waals surface area contributed by atoms with Gasteiger partial charge in [-0.25, -0.2) is 9.69 Å². The number of hydrogen-bond donors (Lipinski definition) is 2. The molecule has 1 amide bonds. The van der Waals surface area contributed by atoms with E-state index in [4.69, 9.17) is 33.0 Å². The average molecular weight is 705 g/mol. The van der Waals surface area contributed by atoms with Crippen LogP contribution in [0.1, 0.15) is 71.6 Å². The first-order valence-corrected chi connectivity index (χ1v) is 17.0. The Hall–Kier alpha value is -3.11. The summed E-state index contributed by atoms with van der Waals surface area (Å²) in [5.41, 5.74) is 4.82. The van der Waals surface area contributed by atoms with Gasteiger partial charge in [0.15, 0.2) is 5.69 Å². The first-order chi connectivity index (χ1) is 22.3. The van der Waals surface area contributed by atoms with E-state index >= 15 is 0 Å². The summed E-state index contributed by atoms with van der Waals surface area (Å²) in [6.07, 6.45) is 2.93. The van der Waals surface area contributed by atoms with Crippen LogP contribution in [0.2, 0.25) is 0 Å². The number of alkyl halides is 4. The quantitative estimate of drug-likeness (QED) is 0.198. The molecule has 0 saturated carbocycles. The van der Waals surface area contributed by atoms with Crippen molar-refractivity contribution in [1.29, 1.82) is 0 Å². The average Bonchev–Trinajstić information content (AvgIpc) is 3.62. The second kappa shape index (κ2) is 13.4. The van der Waals surface area contributed by atoms with Crippen molar-refractivity contribution in [2.24, 2.45) is 0 Å². The van der Waals surface area contributed by atoms with Gasteiger partial charge >= 0.3 is 6.18 Å². The summed E-state index contributed by atoms with van der Waals surface area (Å²) in [5.74, 6) is 5.73. The minimum Gasteiger partial charge on any atom is -0.377 e. The molecule has 6 rings (SSSR count). The number of allylic oxidation sites excluding steroid dienone is 4. The number of ether oxygens (including phenoxy) is 1. The van der Waals surface area contributed by atoms with Gasteiger partial charge in [-0.1, -0.05) is 35.9 Å². The van der Waals surface area contributed by atoms with Gasteiger partial charge in [-0.3, -0.25) is 10.2 Å². The Labute approximate surface area is 285 Å². The number of carbonyl (C=O) groups excluding carboxylic acids is 1. The maximum Gasteiger partial charge on any atom is 0.416 e. The van der Waals surface area contributed by atoms with E-state index in [9.17, 15) is 18.0 Å². The van der Waals surface area contributed by atoms with Crippen LogP contribution in [-0.2, 0) is 17.5 Å². The molecule has 2 N–H and O–H groups in total. The number of nitrogens with one attached hydrogen (secondary N) is 2. The number of aromatic nitrogens is 2. The monoisotopic (exact) mass is 703 g/mol. The summed E-state index contributed by atoms with van der Waals surface area (Å²) in [4.78, 5) is 14.7. The van der Waals surface area contributed by atoms with Crippen molar-refractivity contribution in [2.45, 2.75) is 62.7 Å². The standard InChI is InChI=1S/C34H34Cl2F3N5O2S/c1-32(36)15-14-27(26(35)18-32)44-30(28-13-12-24(47-28)11-8-22-6-9-23(10-7-22)34(37,38)39)25(19-40-33(2)20-46-21-33)29(41-44)31(45)42-43-16-4-3-5-17-43/h6-7,9-10,12-14,18,40H,3-5,15-17,19-21H2,1-2H3,(H,42,45). The maximum atomic E-state index is 13.9. The number of carbonyl (C=O) groups is 1. The Bertz CT molecular complexity index is 1770. The summed E-state index contributed by atoms with van der Waals surface area (Å²) < 4.78 is 46.2. The fourth-order valence-electron chi connectivity index (χ4n) is 5.63. The summed E-state index contributed by atoms with van der Waals surface area (Å²) in [7, 11) is 0. The zero-order valence-electron chi connectivity index (χ0n) is 25.9. The van der Waals surface area contributed by atoms with Crippen LogP contribution >= 0.6 is 34.5 Å². The van der Waals surface area contributed by atoms with E-state index in [1.165, 1.54) is 23.5 Å². The molecule has 4 heterocycles. The molecule has 13 heteroatoms. The molecule has 1 atom stereocenters. The number of benzene rings is 1. The van der Waals surface area contributed by atoms with Crippen LogP contribution in [0, 0.1) is 11.8 Å². The van der Waals surface area contributed by atoms with Gasteiger partial charge in [-0.05, 0) is 75.6 Å². The highest BCUT2D eigenvalue weighted by Gasteiger charge is 2.36. The topological polar surface area (TPSA) is 71.4 Å². The minimum absolute atomic E-state index is 0.254. The Morgan fingerprint density at radius 1 is 1.09 bits per heavy atom. The predicted octanol–water partition coefficient (Wildman–Crippen LogP) is 7.40. The van der Waals surface area contributed by atoms with Gasteiger partial charge in [0.1, 0.15) is 0 Å². The Kier molecular flexibility index (Phi) is 9.64. The first kappa shape index (κ1) is 33.8. The van der Waals surface area contributed by atoms with Gasteiger partial charge in [0.05, 0.1) is 55.4 Å². The molecule has 2 fully saturated rings. The number of piperidine rings is 1. The lowest BCUT2D eigenvalue weighted by atomic mass is 9.99. The zero-order chi connectivity index (χ0) is 33.4. The van der Waals surface area contributed by atoms with E-state index in [1.807, 2.05) is 30.1 Å².